The van der Waals surface area contributed by atoms with Crippen LogP contribution in [-0.4, -0.2) is 16.7 Å². The minimum Gasteiger partial charge on any atom is -0.478 e. The largest absolute Gasteiger partial charge is 0.478 e. The van der Waals surface area contributed by atoms with Crippen molar-refractivity contribution in [2.45, 2.75) is 0 Å². The van der Waals surface area contributed by atoms with Gasteiger partial charge < -0.3 is 15.0 Å². The molecule has 0 aliphatic rings. The van der Waals surface area contributed by atoms with Gasteiger partial charge in [0.15, 0.2) is 5.82 Å². The number of hydrogen-bond acceptors (Lipinski definition) is 3. The molecule has 1 aromatic heterocycles. The fourth-order valence-electron chi connectivity index (χ4n) is 0.576. The molecule has 2 N–H and O–H groups in total. The summed E-state index contributed by atoms with van der Waals surface area (Å²) in [7, 11) is 3.35. The van der Waals surface area contributed by atoms with Gasteiger partial charge in [0.1, 0.15) is 6.33 Å². The Kier molecular flexibility index (Phi) is 1.30. The number of anilines is 1. The fourth-order valence-corrected chi connectivity index (χ4v) is 0.576. The molecule has 0 aliphatic heterocycles. The zero-order chi connectivity index (χ0) is 6.85. The molecule has 0 fully saturated rings. The van der Waals surface area contributed by atoms with Crippen molar-refractivity contribution in [1.82, 2.24) is 9.55 Å². The Morgan fingerprint density at radius 1 is 1.78 bits per heavy atom. The van der Waals surface area contributed by atoms with E-state index in [1.54, 1.807) is 18.0 Å². The van der Waals surface area contributed by atoms with Gasteiger partial charge in [0.05, 0.1) is 7.11 Å². The number of aromatic nitrogens is 2. The van der Waals surface area contributed by atoms with E-state index in [-0.39, 0.29) is 0 Å². The molecular formula is C5H9N3O. The van der Waals surface area contributed by atoms with Crippen molar-refractivity contribution in [3.8, 4) is 5.88 Å². The van der Waals surface area contributed by atoms with Crippen LogP contribution in [0.1, 0.15) is 0 Å². The lowest BCUT2D eigenvalue weighted by Crippen LogP contribution is -1.96. The average Bonchev–Trinajstić information content (AvgIpc) is 2.15. The van der Waals surface area contributed by atoms with Crippen molar-refractivity contribution in [3.05, 3.63) is 6.33 Å². The Morgan fingerprint density at radius 3 is 2.67 bits per heavy atom. The Morgan fingerprint density at radius 2 is 2.44 bits per heavy atom. The zero-order valence-corrected chi connectivity index (χ0v) is 5.46. The molecule has 0 amide bonds. The highest BCUT2D eigenvalue weighted by Crippen LogP contribution is 2.15. The van der Waals surface area contributed by atoms with Gasteiger partial charge in [-0.15, -0.1) is 0 Å². The Labute approximate surface area is 53.3 Å². The first-order valence-corrected chi connectivity index (χ1v) is 2.56. The highest BCUT2D eigenvalue weighted by Gasteiger charge is 2.01. The summed E-state index contributed by atoms with van der Waals surface area (Å²) >= 11 is 0. The van der Waals surface area contributed by atoms with E-state index in [4.69, 9.17) is 10.5 Å². The first-order valence-electron chi connectivity index (χ1n) is 2.56. The second kappa shape index (κ2) is 1.97. The molecule has 1 heterocycles. The maximum absolute atomic E-state index is 5.49. The molecule has 0 spiro atoms. The van der Waals surface area contributed by atoms with Crippen LogP contribution in [0.25, 0.3) is 0 Å². The lowest BCUT2D eigenvalue weighted by Gasteiger charge is -1.95. The molecule has 0 saturated heterocycles. The minimum atomic E-state index is 0.484. The van der Waals surface area contributed by atoms with E-state index in [1.165, 1.54) is 0 Å². The van der Waals surface area contributed by atoms with E-state index >= 15 is 0 Å². The molecule has 0 aliphatic carbocycles. The van der Waals surface area contributed by atoms with Crippen LogP contribution in [0.15, 0.2) is 6.33 Å². The van der Waals surface area contributed by atoms with Gasteiger partial charge in [-0.25, -0.2) is 4.98 Å². The lowest BCUT2D eigenvalue weighted by molar-refractivity contribution is 0.402. The molecule has 50 valence electrons. The average molecular weight is 127 g/mol. The quantitative estimate of drug-likeness (QED) is 0.578. The second-order valence-corrected chi connectivity index (χ2v) is 1.75. The van der Waals surface area contributed by atoms with Crippen LogP contribution in [0.5, 0.6) is 5.88 Å². The number of rotatable bonds is 1. The number of imidazole rings is 1. The number of nitrogen functional groups attached to an aromatic ring is 1. The summed E-state index contributed by atoms with van der Waals surface area (Å²) in [6.07, 6.45) is 1.61. The molecule has 1 rings (SSSR count). The highest BCUT2D eigenvalue weighted by atomic mass is 16.5. The number of ether oxygens (including phenoxy) is 1. The fraction of sp³-hybridized carbons (Fsp3) is 0.400. The van der Waals surface area contributed by atoms with E-state index in [0.717, 1.165) is 0 Å². The van der Waals surface area contributed by atoms with Gasteiger partial charge in [-0.3, -0.25) is 0 Å². The summed E-state index contributed by atoms with van der Waals surface area (Å²) in [4.78, 5) is 3.85. The van der Waals surface area contributed by atoms with Gasteiger partial charge in [0, 0.05) is 7.05 Å². The van der Waals surface area contributed by atoms with Gasteiger partial charge in [0.2, 0.25) is 0 Å². The van der Waals surface area contributed by atoms with Crippen molar-refractivity contribution in [2.75, 3.05) is 12.8 Å². The summed E-state index contributed by atoms with van der Waals surface area (Å²) in [6, 6.07) is 0. The maximum Gasteiger partial charge on any atom is 0.256 e. The molecular weight excluding hydrogens is 118 g/mol. The summed E-state index contributed by atoms with van der Waals surface area (Å²) in [6.45, 7) is 0. The number of nitrogens with zero attached hydrogens (tertiary/aromatic N) is 2. The monoisotopic (exact) mass is 127 g/mol. The van der Waals surface area contributed by atoms with Crippen molar-refractivity contribution in [3.63, 3.8) is 0 Å². The molecule has 4 nitrogen and oxygen atoms in total. The number of nitrogens with two attached hydrogens (primary N) is 1. The van der Waals surface area contributed by atoms with Gasteiger partial charge in [-0.1, -0.05) is 0 Å². The summed E-state index contributed by atoms with van der Waals surface area (Å²) in [5, 5.41) is 0. The van der Waals surface area contributed by atoms with Crippen LogP contribution in [-0.2, 0) is 7.05 Å². The first kappa shape index (κ1) is 5.94. The molecule has 1 aromatic rings. The van der Waals surface area contributed by atoms with Crippen LogP contribution in [0.2, 0.25) is 0 Å². The van der Waals surface area contributed by atoms with E-state index in [0.29, 0.717) is 11.7 Å². The van der Waals surface area contributed by atoms with Crippen LogP contribution in [0.3, 0.4) is 0 Å². The smallest absolute Gasteiger partial charge is 0.256 e. The van der Waals surface area contributed by atoms with Crippen molar-refractivity contribution < 1.29 is 4.74 Å². The third kappa shape index (κ3) is 0.826. The third-order valence-corrected chi connectivity index (χ3v) is 1.14. The van der Waals surface area contributed by atoms with E-state index in [9.17, 15) is 0 Å². The topological polar surface area (TPSA) is 53.1 Å². The predicted octanol–water partition coefficient (Wildman–Crippen LogP) is 0.0109. The van der Waals surface area contributed by atoms with Crippen LogP contribution >= 0.6 is 0 Å². The van der Waals surface area contributed by atoms with Crippen molar-refractivity contribution in [1.29, 1.82) is 0 Å². The molecule has 9 heavy (non-hydrogen) atoms. The van der Waals surface area contributed by atoms with Gasteiger partial charge in [-0.2, -0.15) is 0 Å². The normalized spacial score (nSPS) is 9.56. The van der Waals surface area contributed by atoms with Gasteiger partial charge in [0.25, 0.3) is 5.88 Å². The van der Waals surface area contributed by atoms with Crippen molar-refractivity contribution >= 4 is 5.82 Å². The second-order valence-electron chi connectivity index (χ2n) is 1.75. The van der Waals surface area contributed by atoms with Crippen LogP contribution in [0.4, 0.5) is 5.82 Å². The molecule has 0 unspecified atom stereocenters. The van der Waals surface area contributed by atoms with E-state index < -0.39 is 0 Å². The number of aryl methyl sites for hydroxylation is 1. The molecule has 0 saturated carbocycles. The van der Waals surface area contributed by atoms with E-state index in [2.05, 4.69) is 4.98 Å². The summed E-state index contributed by atoms with van der Waals surface area (Å²) in [5.74, 6) is 1.04. The summed E-state index contributed by atoms with van der Waals surface area (Å²) in [5.41, 5.74) is 5.49. The molecule has 4 heteroatoms. The Bertz CT molecular complexity index is 206. The van der Waals surface area contributed by atoms with Crippen molar-refractivity contribution in [2.24, 2.45) is 7.05 Å². The standard InChI is InChI=1S/C5H9N3O/c1-8-3-7-5(9-2)4(8)6/h3H,6H2,1-2H3. The molecule has 0 atom stereocenters. The third-order valence-electron chi connectivity index (χ3n) is 1.14. The SMILES string of the molecule is COc1ncn(C)c1N. The number of hydrogen-bond donors (Lipinski definition) is 1. The van der Waals surface area contributed by atoms with Gasteiger partial charge in [-0.05, 0) is 0 Å². The Balaban J connectivity index is 3.04. The molecule has 0 bridgehead atoms. The minimum absolute atomic E-state index is 0.484. The molecule has 0 aromatic carbocycles. The Hall–Kier alpha value is -1.19. The maximum atomic E-state index is 5.49. The van der Waals surface area contributed by atoms with Crippen LogP contribution in [0, 0.1) is 0 Å². The van der Waals surface area contributed by atoms with Gasteiger partial charge >= 0.3 is 0 Å². The predicted molar refractivity (Wildman–Crippen MR) is 34.2 cm³/mol. The lowest BCUT2D eigenvalue weighted by atomic mass is 10.7. The summed E-state index contributed by atoms with van der Waals surface area (Å²) < 4.78 is 6.50. The van der Waals surface area contributed by atoms with E-state index in [1.807, 2.05) is 7.05 Å². The first-order chi connectivity index (χ1) is 4.25. The molecule has 0 radical (unpaired) electrons. The zero-order valence-electron chi connectivity index (χ0n) is 5.46. The number of methoxy groups -OCH3 is 1. The highest BCUT2D eigenvalue weighted by molar-refractivity contribution is 5.40. The van der Waals surface area contributed by atoms with Crippen LogP contribution < -0.4 is 10.5 Å².